The fraction of sp³-hybridized carbons (Fsp3) is 0.769. The van der Waals surface area contributed by atoms with Gasteiger partial charge in [-0.05, 0) is 6.42 Å². The number of fused-ring (bicyclic) bond motifs is 1. The van der Waals surface area contributed by atoms with Gasteiger partial charge in [-0.2, -0.15) is 0 Å². The number of aliphatic hydroxyl groups excluding tert-OH is 1. The molecular weight excluding hydrogens is 230 g/mol. The predicted octanol–water partition coefficient (Wildman–Crippen LogP) is 0.876. The van der Waals surface area contributed by atoms with E-state index in [2.05, 4.69) is 21.4 Å². The standard InChI is InChI=1S/C13H23N3O2/c1-2-3-8-18-11-12(17)9-15-6-7-16-5-4-14-13(16)10-15/h4-5,12,17H,2-3,6-11H2,1H3. The minimum atomic E-state index is -0.400. The van der Waals surface area contributed by atoms with Gasteiger partial charge >= 0.3 is 0 Å². The van der Waals surface area contributed by atoms with Crippen LogP contribution in [0.25, 0.3) is 0 Å². The zero-order valence-corrected chi connectivity index (χ0v) is 11.1. The monoisotopic (exact) mass is 253 g/mol. The molecular formula is C13H23N3O2. The Morgan fingerprint density at radius 3 is 3.22 bits per heavy atom. The van der Waals surface area contributed by atoms with Gasteiger partial charge in [0, 0.05) is 38.6 Å². The van der Waals surface area contributed by atoms with Crippen molar-refractivity contribution in [3.8, 4) is 0 Å². The lowest BCUT2D eigenvalue weighted by Gasteiger charge is -2.29. The molecule has 0 aromatic carbocycles. The first-order valence-corrected chi connectivity index (χ1v) is 6.77. The SMILES string of the molecule is CCCCOCC(O)CN1CCn2ccnc2C1. The minimum absolute atomic E-state index is 0.400. The van der Waals surface area contributed by atoms with Gasteiger partial charge in [-0.1, -0.05) is 13.3 Å². The molecule has 1 atom stereocenters. The van der Waals surface area contributed by atoms with Crippen LogP contribution in [-0.2, 0) is 17.8 Å². The van der Waals surface area contributed by atoms with Crippen molar-refractivity contribution in [1.29, 1.82) is 0 Å². The van der Waals surface area contributed by atoms with E-state index in [-0.39, 0.29) is 0 Å². The van der Waals surface area contributed by atoms with Gasteiger partial charge < -0.3 is 14.4 Å². The van der Waals surface area contributed by atoms with E-state index in [1.54, 1.807) is 0 Å². The first kappa shape index (κ1) is 13.5. The van der Waals surface area contributed by atoms with E-state index in [1.165, 1.54) is 0 Å². The second-order valence-electron chi connectivity index (χ2n) is 4.85. The third-order valence-corrected chi connectivity index (χ3v) is 3.25. The lowest BCUT2D eigenvalue weighted by Crippen LogP contribution is -2.40. The molecule has 0 radical (unpaired) electrons. The number of aromatic nitrogens is 2. The quantitative estimate of drug-likeness (QED) is 0.733. The van der Waals surface area contributed by atoms with E-state index >= 15 is 0 Å². The number of unbranched alkanes of at least 4 members (excludes halogenated alkanes) is 1. The van der Waals surface area contributed by atoms with Gasteiger partial charge in [0.15, 0.2) is 0 Å². The van der Waals surface area contributed by atoms with Crippen molar-refractivity contribution in [1.82, 2.24) is 14.5 Å². The summed E-state index contributed by atoms with van der Waals surface area (Å²) in [6.45, 7) is 6.73. The van der Waals surface area contributed by atoms with Gasteiger partial charge in [0.2, 0.25) is 0 Å². The van der Waals surface area contributed by atoms with E-state index in [0.717, 1.165) is 44.9 Å². The maximum Gasteiger partial charge on any atom is 0.122 e. The molecule has 18 heavy (non-hydrogen) atoms. The molecule has 1 aromatic heterocycles. The third kappa shape index (κ3) is 3.80. The number of hydrogen-bond acceptors (Lipinski definition) is 4. The molecule has 0 amide bonds. The lowest BCUT2D eigenvalue weighted by atomic mass is 10.3. The van der Waals surface area contributed by atoms with Gasteiger partial charge in [-0.25, -0.2) is 4.98 Å². The van der Waals surface area contributed by atoms with Crippen molar-refractivity contribution < 1.29 is 9.84 Å². The number of β-amino-alcohol motifs (C(OH)–C–C–N with tert-alkyl or cyclic N) is 1. The number of nitrogens with zero attached hydrogens (tertiary/aromatic N) is 3. The molecule has 0 saturated carbocycles. The van der Waals surface area contributed by atoms with E-state index in [0.29, 0.717) is 13.2 Å². The summed E-state index contributed by atoms with van der Waals surface area (Å²) in [7, 11) is 0. The molecule has 1 aliphatic rings. The van der Waals surface area contributed by atoms with Gasteiger partial charge in [-0.3, -0.25) is 4.90 Å². The molecule has 0 saturated heterocycles. The highest BCUT2D eigenvalue weighted by molar-refractivity contribution is 4.95. The van der Waals surface area contributed by atoms with Crippen LogP contribution in [0.15, 0.2) is 12.4 Å². The van der Waals surface area contributed by atoms with Gasteiger partial charge in [0.1, 0.15) is 5.82 Å². The van der Waals surface area contributed by atoms with Crippen LogP contribution in [0.3, 0.4) is 0 Å². The number of aliphatic hydroxyl groups is 1. The zero-order valence-electron chi connectivity index (χ0n) is 11.1. The number of ether oxygens (including phenoxy) is 1. The van der Waals surface area contributed by atoms with Gasteiger partial charge in [0.25, 0.3) is 0 Å². The van der Waals surface area contributed by atoms with Crippen molar-refractivity contribution in [3.05, 3.63) is 18.2 Å². The molecule has 0 bridgehead atoms. The highest BCUT2D eigenvalue weighted by Crippen LogP contribution is 2.10. The van der Waals surface area contributed by atoms with Crippen molar-refractivity contribution in [2.24, 2.45) is 0 Å². The molecule has 2 heterocycles. The highest BCUT2D eigenvalue weighted by Gasteiger charge is 2.18. The Morgan fingerprint density at radius 1 is 1.50 bits per heavy atom. The molecule has 0 aliphatic carbocycles. The highest BCUT2D eigenvalue weighted by atomic mass is 16.5. The summed E-state index contributed by atoms with van der Waals surface area (Å²) < 4.78 is 7.60. The van der Waals surface area contributed by atoms with E-state index in [9.17, 15) is 5.11 Å². The Labute approximate surface area is 108 Å². The number of rotatable bonds is 7. The first-order valence-electron chi connectivity index (χ1n) is 6.77. The van der Waals surface area contributed by atoms with E-state index < -0.39 is 6.10 Å². The Balaban J connectivity index is 1.67. The molecule has 5 nitrogen and oxygen atoms in total. The number of hydrogen-bond donors (Lipinski definition) is 1. The van der Waals surface area contributed by atoms with Crippen molar-refractivity contribution in [2.45, 2.75) is 39.0 Å². The summed E-state index contributed by atoms with van der Waals surface area (Å²) in [6.07, 6.45) is 5.64. The van der Waals surface area contributed by atoms with Crippen LogP contribution >= 0.6 is 0 Å². The molecule has 1 aromatic rings. The van der Waals surface area contributed by atoms with Gasteiger partial charge in [-0.15, -0.1) is 0 Å². The third-order valence-electron chi connectivity index (χ3n) is 3.25. The molecule has 0 fully saturated rings. The molecule has 1 aliphatic heterocycles. The van der Waals surface area contributed by atoms with Crippen LogP contribution in [0.1, 0.15) is 25.6 Å². The molecule has 1 unspecified atom stereocenters. The summed E-state index contributed by atoms with van der Waals surface area (Å²) in [4.78, 5) is 6.54. The van der Waals surface area contributed by atoms with Crippen LogP contribution in [-0.4, -0.2) is 52.0 Å². The van der Waals surface area contributed by atoms with Crippen molar-refractivity contribution >= 4 is 0 Å². The summed E-state index contributed by atoms with van der Waals surface area (Å²) in [6, 6.07) is 0. The minimum Gasteiger partial charge on any atom is -0.389 e. The lowest BCUT2D eigenvalue weighted by molar-refractivity contribution is 0.0110. The molecule has 102 valence electrons. The van der Waals surface area contributed by atoms with Crippen molar-refractivity contribution in [3.63, 3.8) is 0 Å². The average Bonchev–Trinajstić information content (AvgIpc) is 2.82. The molecule has 0 spiro atoms. The average molecular weight is 253 g/mol. The first-order chi connectivity index (χ1) is 8.79. The Bertz CT molecular complexity index is 354. The van der Waals surface area contributed by atoms with Gasteiger partial charge in [0.05, 0.1) is 19.3 Å². The maximum absolute atomic E-state index is 9.91. The maximum atomic E-state index is 9.91. The Kier molecular flexibility index (Phi) is 5.16. The molecule has 5 heteroatoms. The molecule has 1 N–H and O–H groups in total. The van der Waals surface area contributed by atoms with Crippen LogP contribution in [0.5, 0.6) is 0 Å². The largest absolute Gasteiger partial charge is 0.389 e. The second kappa shape index (κ2) is 6.87. The van der Waals surface area contributed by atoms with Crippen molar-refractivity contribution in [2.75, 3.05) is 26.3 Å². The van der Waals surface area contributed by atoms with E-state index in [1.807, 2.05) is 12.4 Å². The summed E-state index contributed by atoms with van der Waals surface area (Å²) >= 11 is 0. The second-order valence-corrected chi connectivity index (χ2v) is 4.85. The smallest absolute Gasteiger partial charge is 0.122 e. The van der Waals surface area contributed by atoms with E-state index in [4.69, 9.17) is 4.74 Å². The normalized spacial score (nSPS) is 17.7. The summed E-state index contributed by atoms with van der Waals surface area (Å²) in [5.74, 6) is 1.08. The topological polar surface area (TPSA) is 50.5 Å². The molecule has 2 rings (SSSR count). The van der Waals surface area contributed by atoms with Crippen LogP contribution < -0.4 is 0 Å². The Morgan fingerprint density at radius 2 is 2.39 bits per heavy atom. The number of imidazole rings is 1. The van der Waals surface area contributed by atoms with Crippen LogP contribution in [0.2, 0.25) is 0 Å². The summed E-state index contributed by atoms with van der Waals surface area (Å²) in [5.41, 5.74) is 0. The summed E-state index contributed by atoms with van der Waals surface area (Å²) in [5, 5.41) is 9.91. The predicted molar refractivity (Wildman–Crippen MR) is 69.2 cm³/mol. The van der Waals surface area contributed by atoms with Crippen LogP contribution in [0, 0.1) is 0 Å². The fourth-order valence-electron chi connectivity index (χ4n) is 2.20. The zero-order chi connectivity index (χ0) is 12.8. The van der Waals surface area contributed by atoms with Crippen LogP contribution in [0.4, 0.5) is 0 Å². The fourth-order valence-corrected chi connectivity index (χ4v) is 2.20. The Hall–Kier alpha value is -0.910.